The zero-order chi connectivity index (χ0) is 7.89. The van der Waals surface area contributed by atoms with Crippen LogP contribution < -0.4 is 0 Å². The summed E-state index contributed by atoms with van der Waals surface area (Å²) < 4.78 is 0. The van der Waals surface area contributed by atoms with Crippen molar-refractivity contribution in [1.82, 2.24) is 0 Å². The number of hydrogen-bond donors (Lipinski definition) is 1. The van der Waals surface area contributed by atoms with E-state index in [1.54, 1.807) is 0 Å². The number of hydrogen-bond acceptors (Lipinski definition) is 1. The average molecular weight is 142 g/mol. The van der Waals surface area contributed by atoms with E-state index < -0.39 is 0 Å². The van der Waals surface area contributed by atoms with Crippen LogP contribution >= 0.6 is 0 Å². The molecule has 1 N–H and O–H groups in total. The highest BCUT2D eigenvalue weighted by Gasteiger charge is 2.51. The minimum Gasteiger partial charge on any atom is -0.393 e. The largest absolute Gasteiger partial charge is 0.393 e. The molecule has 1 nitrogen and oxygen atoms in total. The molecular weight excluding hydrogens is 124 g/mol. The van der Waals surface area contributed by atoms with Crippen LogP contribution in [0.4, 0.5) is 0 Å². The molecule has 0 aromatic rings. The van der Waals surface area contributed by atoms with Gasteiger partial charge in [-0.3, -0.25) is 0 Å². The number of rotatable bonds is 2. The number of aliphatic hydroxyl groups is 1. The fraction of sp³-hybridized carbons (Fsp3) is 1.00. The summed E-state index contributed by atoms with van der Waals surface area (Å²) in [6.45, 7) is 8.76. The normalized spacial score (nSPS) is 39.3. The summed E-state index contributed by atoms with van der Waals surface area (Å²) in [4.78, 5) is 0. The van der Waals surface area contributed by atoms with E-state index in [4.69, 9.17) is 0 Å². The summed E-state index contributed by atoms with van der Waals surface area (Å²) in [5.41, 5.74) is 0. The minimum absolute atomic E-state index is 0.000000000000000222. The Labute approximate surface area is 63.4 Å². The molecule has 0 saturated heterocycles. The maximum Gasteiger partial charge on any atom is 0.0608 e. The Bertz CT molecular complexity index is 104. The Morgan fingerprint density at radius 1 is 0.900 bits per heavy atom. The average Bonchev–Trinajstić information content (AvgIpc) is 2.40. The number of aliphatic hydroxyl groups excluding tert-OH is 1. The van der Waals surface area contributed by atoms with E-state index in [2.05, 4.69) is 27.7 Å². The van der Waals surface area contributed by atoms with Gasteiger partial charge in [0.1, 0.15) is 0 Å². The van der Waals surface area contributed by atoms with E-state index in [1.807, 2.05) is 0 Å². The van der Waals surface area contributed by atoms with Crippen molar-refractivity contribution in [2.75, 3.05) is 0 Å². The highest BCUT2D eigenvalue weighted by molar-refractivity contribution is 5.00. The van der Waals surface area contributed by atoms with Crippen molar-refractivity contribution >= 4 is 0 Å². The van der Waals surface area contributed by atoms with Gasteiger partial charge in [-0.25, -0.2) is 0 Å². The van der Waals surface area contributed by atoms with Gasteiger partial charge in [0.25, 0.3) is 0 Å². The highest BCUT2D eigenvalue weighted by atomic mass is 16.3. The molecule has 1 rings (SSSR count). The first-order valence-corrected chi connectivity index (χ1v) is 4.23. The zero-order valence-electron chi connectivity index (χ0n) is 7.33. The quantitative estimate of drug-likeness (QED) is 0.624. The monoisotopic (exact) mass is 142 g/mol. The van der Waals surface area contributed by atoms with E-state index >= 15 is 0 Å². The molecule has 1 heteroatoms. The molecule has 1 aliphatic carbocycles. The van der Waals surface area contributed by atoms with Gasteiger partial charge < -0.3 is 5.11 Å². The van der Waals surface area contributed by atoms with Crippen LogP contribution in [0.3, 0.4) is 0 Å². The fourth-order valence-electron chi connectivity index (χ4n) is 2.02. The second kappa shape index (κ2) is 2.54. The standard InChI is InChI=1S/C9H18O/c1-5(2)7-8(6(3)4)9(7)10/h5-10H,1-4H3. The lowest BCUT2D eigenvalue weighted by Crippen LogP contribution is -1.97. The van der Waals surface area contributed by atoms with Gasteiger partial charge in [-0.15, -0.1) is 0 Å². The third kappa shape index (κ3) is 1.20. The Hall–Kier alpha value is -0.0400. The molecular formula is C9H18O. The summed E-state index contributed by atoms with van der Waals surface area (Å²) in [7, 11) is 0. The summed E-state index contributed by atoms with van der Waals surface area (Å²) in [6, 6.07) is 0. The molecule has 0 amide bonds. The van der Waals surface area contributed by atoms with Crippen LogP contribution in [0.15, 0.2) is 0 Å². The Balaban J connectivity index is 2.41. The van der Waals surface area contributed by atoms with Crippen LogP contribution in [0.25, 0.3) is 0 Å². The predicted octanol–water partition coefficient (Wildman–Crippen LogP) is 1.91. The molecule has 1 saturated carbocycles. The van der Waals surface area contributed by atoms with Gasteiger partial charge in [0, 0.05) is 0 Å². The van der Waals surface area contributed by atoms with E-state index in [-0.39, 0.29) is 6.10 Å². The van der Waals surface area contributed by atoms with Crippen molar-refractivity contribution in [3.8, 4) is 0 Å². The summed E-state index contributed by atoms with van der Waals surface area (Å²) >= 11 is 0. The van der Waals surface area contributed by atoms with Crippen molar-refractivity contribution in [3.63, 3.8) is 0 Å². The van der Waals surface area contributed by atoms with Gasteiger partial charge in [0.2, 0.25) is 0 Å². The van der Waals surface area contributed by atoms with Crippen LogP contribution in [-0.4, -0.2) is 11.2 Å². The third-order valence-corrected chi connectivity index (χ3v) is 2.63. The molecule has 1 fully saturated rings. The van der Waals surface area contributed by atoms with Gasteiger partial charge in [-0.05, 0) is 23.7 Å². The first-order chi connectivity index (χ1) is 4.55. The van der Waals surface area contributed by atoms with Gasteiger partial charge in [0.15, 0.2) is 0 Å². The second-order valence-corrected chi connectivity index (χ2v) is 4.13. The van der Waals surface area contributed by atoms with Crippen molar-refractivity contribution in [2.24, 2.45) is 23.7 Å². The lowest BCUT2D eigenvalue weighted by molar-refractivity contribution is 0.231. The predicted molar refractivity (Wildman–Crippen MR) is 42.7 cm³/mol. The molecule has 0 bridgehead atoms. The van der Waals surface area contributed by atoms with E-state index in [1.165, 1.54) is 0 Å². The molecule has 2 atom stereocenters. The van der Waals surface area contributed by atoms with Gasteiger partial charge in [-0.1, -0.05) is 27.7 Å². The maximum atomic E-state index is 9.43. The third-order valence-electron chi connectivity index (χ3n) is 2.63. The van der Waals surface area contributed by atoms with Crippen LogP contribution in [-0.2, 0) is 0 Å². The molecule has 2 unspecified atom stereocenters. The maximum absolute atomic E-state index is 9.43. The van der Waals surface area contributed by atoms with Crippen LogP contribution in [0.1, 0.15) is 27.7 Å². The molecule has 0 aromatic heterocycles. The topological polar surface area (TPSA) is 20.2 Å². The van der Waals surface area contributed by atoms with Crippen molar-refractivity contribution in [3.05, 3.63) is 0 Å². The van der Waals surface area contributed by atoms with Gasteiger partial charge in [0.05, 0.1) is 6.10 Å². The molecule has 1 aliphatic rings. The molecule has 60 valence electrons. The van der Waals surface area contributed by atoms with E-state index in [0.29, 0.717) is 23.7 Å². The van der Waals surface area contributed by atoms with Gasteiger partial charge in [-0.2, -0.15) is 0 Å². The lowest BCUT2D eigenvalue weighted by Gasteiger charge is -2.03. The van der Waals surface area contributed by atoms with Crippen molar-refractivity contribution in [1.29, 1.82) is 0 Å². The Morgan fingerprint density at radius 3 is 1.30 bits per heavy atom. The molecule has 0 heterocycles. The first-order valence-electron chi connectivity index (χ1n) is 4.23. The van der Waals surface area contributed by atoms with E-state index in [0.717, 1.165) is 0 Å². The second-order valence-electron chi connectivity index (χ2n) is 4.13. The molecule has 0 radical (unpaired) electrons. The summed E-state index contributed by atoms with van der Waals surface area (Å²) in [6.07, 6.45) is -0.000000000000000222. The lowest BCUT2D eigenvalue weighted by atomic mass is 10.0. The Kier molecular flexibility index (Phi) is 2.04. The molecule has 10 heavy (non-hydrogen) atoms. The van der Waals surface area contributed by atoms with Crippen LogP contribution in [0.5, 0.6) is 0 Å². The van der Waals surface area contributed by atoms with Crippen molar-refractivity contribution < 1.29 is 5.11 Å². The van der Waals surface area contributed by atoms with E-state index in [9.17, 15) is 5.11 Å². The van der Waals surface area contributed by atoms with Crippen LogP contribution in [0.2, 0.25) is 0 Å². The van der Waals surface area contributed by atoms with Gasteiger partial charge >= 0.3 is 0 Å². The van der Waals surface area contributed by atoms with Crippen LogP contribution in [0, 0.1) is 23.7 Å². The zero-order valence-corrected chi connectivity index (χ0v) is 7.33. The molecule has 0 aliphatic heterocycles. The molecule has 0 aromatic carbocycles. The first kappa shape index (κ1) is 8.06. The summed E-state index contributed by atoms with van der Waals surface area (Å²) in [5.74, 6) is 2.48. The fourth-order valence-corrected chi connectivity index (χ4v) is 2.02. The van der Waals surface area contributed by atoms with Crippen molar-refractivity contribution in [2.45, 2.75) is 33.8 Å². The summed E-state index contributed by atoms with van der Waals surface area (Å²) in [5, 5.41) is 9.43. The highest BCUT2D eigenvalue weighted by Crippen LogP contribution is 2.48. The SMILES string of the molecule is CC(C)C1C(O)C1C(C)C. The minimum atomic E-state index is -0.000000000000000222. The Morgan fingerprint density at radius 2 is 1.20 bits per heavy atom. The molecule has 0 spiro atoms. The smallest absolute Gasteiger partial charge is 0.0608 e.